The van der Waals surface area contributed by atoms with E-state index in [1.165, 1.54) is 27.8 Å². The van der Waals surface area contributed by atoms with Crippen molar-refractivity contribution in [1.82, 2.24) is 25.8 Å². The zero-order valence-electron chi connectivity index (χ0n) is 29.3. The highest BCUT2D eigenvalue weighted by atomic mass is 16.5. The van der Waals surface area contributed by atoms with E-state index in [4.69, 9.17) is 9.47 Å². The molecule has 4 N–H and O–H groups in total. The number of benzene rings is 3. The van der Waals surface area contributed by atoms with Gasteiger partial charge in [-0.2, -0.15) is 0 Å². The van der Waals surface area contributed by atoms with Crippen LogP contribution in [0.4, 0.5) is 0 Å². The molecule has 0 aliphatic carbocycles. The number of aliphatic hydroxyl groups is 1. The highest BCUT2D eigenvalue weighted by molar-refractivity contribution is 5.98. The molecule has 0 spiro atoms. The number of β-amino-alcohol motifs (C(OH)–C–C–N with tert-alkyl or cyclic N) is 1. The van der Waals surface area contributed by atoms with Gasteiger partial charge in [-0.25, -0.2) is 0 Å². The Hall–Kier alpha value is -3.08. The molecule has 1 heterocycles. The van der Waals surface area contributed by atoms with E-state index < -0.39 is 6.10 Å². The molecule has 1 fully saturated rings. The Morgan fingerprint density at radius 1 is 0.729 bits per heavy atom. The number of nitrogens with zero attached hydrogens (tertiary/aromatic N) is 2. The summed E-state index contributed by atoms with van der Waals surface area (Å²) in [5.74, 6) is 0.893. The standard InChI is InChI=1S/C40H59N5O3/c1-3-44(4-2)29-31-48-38-19-17-36(18-20-38)40(35-14-9-6-10-15-35)39(34-12-7-5-8-13-34)16-11-30-47-33-37(46)32-45-27-25-42-23-21-41-22-24-43-26-28-45/h5-10,12-15,17-20,37,41-43,46H,3-4,11,16,21-33H2,1-2H3/b40-39-. The third-order valence-corrected chi connectivity index (χ3v) is 8.86. The first-order valence-electron chi connectivity index (χ1n) is 18.1. The fourth-order valence-electron chi connectivity index (χ4n) is 6.14. The van der Waals surface area contributed by atoms with Crippen LogP contribution in [0.15, 0.2) is 84.9 Å². The largest absolute Gasteiger partial charge is 0.492 e. The summed E-state index contributed by atoms with van der Waals surface area (Å²) in [4.78, 5) is 4.70. The average Bonchev–Trinajstić information content (AvgIpc) is 3.12. The van der Waals surface area contributed by atoms with Crippen LogP contribution < -0.4 is 20.7 Å². The van der Waals surface area contributed by atoms with Gasteiger partial charge in [0.15, 0.2) is 0 Å². The van der Waals surface area contributed by atoms with Gasteiger partial charge in [-0.1, -0.05) is 86.6 Å². The van der Waals surface area contributed by atoms with Gasteiger partial charge in [-0.05, 0) is 65.9 Å². The Kier molecular flexibility index (Phi) is 17.7. The lowest BCUT2D eigenvalue weighted by Gasteiger charge is -2.26. The molecule has 1 unspecified atom stereocenters. The van der Waals surface area contributed by atoms with Gasteiger partial charge in [0.2, 0.25) is 0 Å². The average molecular weight is 658 g/mol. The van der Waals surface area contributed by atoms with Crippen molar-refractivity contribution in [3.8, 4) is 5.75 Å². The highest BCUT2D eigenvalue weighted by Gasteiger charge is 2.16. The summed E-state index contributed by atoms with van der Waals surface area (Å²) >= 11 is 0. The van der Waals surface area contributed by atoms with Crippen molar-refractivity contribution in [3.05, 3.63) is 102 Å². The fourth-order valence-corrected chi connectivity index (χ4v) is 6.14. The number of allylic oxidation sites excluding steroid dienone is 1. The van der Waals surface area contributed by atoms with Crippen molar-refractivity contribution < 1.29 is 14.6 Å². The van der Waals surface area contributed by atoms with Gasteiger partial charge in [-0.3, -0.25) is 4.90 Å². The number of ether oxygens (including phenoxy) is 2. The van der Waals surface area contributed by atoms with Crippen molar-refractivity contribution >= 4 is 11.1 Å². The number of hydrogen-bond donors (Lipinski definition) is 4. The predicted octanol–water partition coefficient (Wildman–Crippen LogP) is 4.61. The lowest BCUT2D eigenvalue weighted by Crippen LogP contribution is -2.44. The van der Waals surface area contributed by atoms with Crippen LogP contribution in [0.3, 0.4) is 0 Å². The van der Waals surface area contributed by atoms with E-state index in [9.17, 15) is 5.11 Å². The van der Waals surface area contributed by atoms with E-state index in [1.54, 1.807) is 0 Å². The van der Waals surface area contributed by atoms with Gasteiger partial charge < -0.3 is 35.4 Å². The first-order chi connectivity index (χ1) is 23.7. The maximum Gasteiger partial charge on any atom is 0.119 e. The molecule has 48 heavy (non-hydrogen) atoms. The Morgan fingerprint density at radius 3 is 1.90 bits per heavy atom. The van der Waals surface area contributed by atoms with Gasteiger partial charge in [0.25, 0.3) is 0 Å². The van der Waals surface area contributed by atoms with Crippen LogP contribution in [0, 0.1) is 0 Å². The van der Waals surface area contributed by atoms with Crippen molar-refractivity contribution in [2.24, 2.45) is 0 Å². The maximum absolute atomic E-state index is 10.9. The molecule has 3 aromatic rings. The van der Waals surface area contributed by atoms with E-state index in [2.05, 4.69) is 125 Å². The normalized spacial score (nSPS) is 16.5. The molecule has 0 aromatic heterocycles. The van der Waals surface area contributed by atoms with Crippen LogP contribution in [0.5, 0.6) is 5.75 Å². The molecule has 1 aliphatic heterocycles. The van der Waals surface area contributed by atoms with Crippen molar-refractivity contribution in [1.29, 1.82) is 0 Å². The number of aliphatic hydroxyl groups excluding tert-OH is 1. The molecule has 1 aliphatic rings. The second-order valence-electron chi connectivity index (χ2n) is 12.4. The number of hydrogen-bond acceptors (Lipinski definition) is 8. The molecule has 1 saturated heterocycles. The molecule has 0 saturated carbocycles. The van der Waals surface area contributed by atoms with Crippen LogP contribution in [0.2, 0.25) is 0 Å². The van der Waals surface area contributed by atoms with Gasteiger partial charge in [0, 0.05) is 72.1 Å². The van der Waals surface area contributed by atoms with Crippen LogP contribution in [0.25, 0.3) is 11.1 Å². The molecular formula is C40H59N5O3. The Labute approximate surface area is 289 Å². The van der Waals surface area contributed by atoms with Crippen LogP contribution in [-0.2, 0) is 4.74 Å². The van der Waals surface area contributed by atoms with E-state index in [0.29, 0.717) is 26.4 Å². The fraction of sp³-hybridized carbons (Fsp3) is 0.500. The molecule has 4 rings (SSSR count). The van der Waals surface area contributed by atoms with Crippen LogP contribution in [0.1, 0.15) is 43.4 Å². The zero-order valence-corrected chi connectivity index (χ0v) is 29.3. The molecule has 8 heteroatoms. The molecule has 0 radical (unpaired) electrons. The van der Waals surface area contributed by atoms with Gasteiger partial charge in [0.1, 0.15) is 12.4 Å². The van der Waals surface area contributed by atoms with Crippen LogP contribution in [-0.4, -0.2) is 119 Å². The van der Waals surface area contributed by atoms with E-state index >= 15 is 0 Å². The summed E-state index contributed by atoms with van der Waals surface area (Å²) in [7, 11) is 0. The Morgan fingerprint density at radius 2 is 1.29 bits per heavy atom. The van der Waals surface area contributed by atoms with Gasteiger partial charge >= 0.3 is 0 Å². The quantitative estimate of drug-likeness (QED) is 0.124. The highest BCUT2D eigenvalue weighted by Crippen LogP contribution is 2.35. The first-order valence-corrected chi connectivity index (χ1v) is 18.1. The molecule has 1 atom stereocenters. The first kappa shape index (κ1) is 37.7. The minimum Gasteiger partial charge on any atom is -0.492 e. The number of nitrogens with one attached hydrogen (secondary N) is 3. The SMILES string of the molecule is CCN(CC)CCOc1ccc(/C(=C(/CCCOCC(O)CN2CCNCCNCCNCC2)c2ccccc2)c2ccccc2)cc1. The molecule has 0 bridgehead atoms. The molecular weight excluding hydrogens is 598 g/mol. The second kappa shape index (κ2) is 22.5. The van der Waals surface area contributed by atoms with Gasteiger partial charge in [-0.15, -0.1) is 0 Å². The summed E-state index contributed by atoms with van der Waals surface area (Å²) in [6.45, 7) is 17.1. The lowest BCUT2D eigenvalue weighted by atomic mass is 9.87. The molecule has 0 amide bonds. The smallest absolute Gasteiger partial charge is 0.119 e. The summed E-state index contributed by atoms with van der Waals surface area (Å²) in [5.41, 5.74) is 6.08. The monoisotopic (exact) mass is 657 g/mol. The molecule has 8 nitrogen and oxygen atoms in total. The molecule has 262 valence electrons. The lowest BCUT2D eigenvalue weighted by molar-refractivity contribution is 0.0166. The third-order valence-electron chi connectivity index (χ3n) is 8.86. The van der Waals surface area contributed by atoms with Gasteiger partial charge in [0.05, 0.1) is 12.7 Å². The Balaban J connectivity index is 1.40. The van der Waals surface area contributed by atoms with Crippen LogP contribution >= 0.6 is 0 Å². The Bertz CT molecular complexity index is 1270. The minimum atomic E-state index is -0.517. The zero-order chi connectivity index (χ0) is 33.7. The third kappa shape index (κ3) is 13.4. The predicted molar refractivity (Wildman–Crippen MR) is 200 cm³/mol. The second-order valence-corrected chi connectivity index (χ2v) is 12.4. The topological polar surface area (TPSA) is 81.3 Å². The number of likely N-dealkylation sites (N-methyl/N-ethyl adjacent to an activating group) is 1. The summed E-state index contributed by atoms with van der Waals surface area (Å²) in [5, 5.41) is 21.3. The van der Waals surface area contributed by atoms with E-state index in [-0.39, 0.29) is 0 Å². The van der Waals surface area contributed by atoms with E-state index in [1.807, 2.05) is 0 Å². The minimum absolute atomic E-state index is 0.340. The van der Waals surface area contributed by atoms with Crippen molar-refractivity contribution in [2.45, 2.75) is 32.8 Å². The molecule has 3 aromatic carbocycles. The van der Waals surface area contributed by atoms with Crippen molar-refractivity contribution in [3.63, 3.8) is 0 Å². The summed E-state index contributed by atoms with van der Waals surface area (Å²) < 4.78 is 12.2. The van der Waals surface area contributed by atoms with Crippen molar-refractivity contribution in [2.75, 3.05) is 98.4 Å². The summed E-state index contributed by atoms with van der Waals surface area (Å²) in [6.07, 6.45) is 1.19. The number of rotatable bonds is 17. The van der Waals surface area contributed by atoms with E-state index in [0.717, 1.165) is 90.6 Å². The summed E-state index contributed by atoms with van der Waals surface area (Å²) in [6, 6.07) is 29.9. The maximum atomic E-state index is 10.9.